The molecule has 1 aliphatic heterocycles. The smallest absolute Gasteiger partial charge is 0.294 e. The SMILES string of the molecule is COc1ccc(C(=O)Cn2nc(-c3ccccc3)c3sc(N4CCOCC4)nc3c2=O)cc1OC. The van der Waals surface area contributed by atoms with Crippen molar-refractivity contribution in [2.45, 2.75) is 6.54 Å². The Balaban J connectivity index is 1.58. The summed E-state index contributed by atoms with van der Waals surface area (Å²) in [5.41, 5.74) is 1.78. The molecule has 0 N–H and O–H groups in total. The van der Waals surface area contributed by atoms with E-state index >= 15 is 0 Å². The fourth-order valence-electron chi connectivity index (χ4n) is 3.97. The van der Waals surface area contributed by atoms with Crippen molar-refractivity contribution in [2.75, 3.05) is 45.4 Å². The number of fused-ring (bicyclic) bond motifs is 1. The first-order valence-electron chi connectivity index (χ1n) is 11.1. The van der Waals surface area contributed by atoms with Crippen LogP contribution in [0.15, 0.2) is 53.3 Å². The van der Waals surface area contributed by atoms with Gasteiger partial charge in [0.25, 0.3) is 5.56 Å². The zero-order valence-electron chi connectivity index (χ0n) is 19.4. The van der Waals surface area contributed by atoms with Crippen LogP contribution in [0.5, 0.6) is 11.5 Å². The Bertz CT molecular complexity index is 1430. The molecule has 2 aromatic heterocycles. The molecule has 0 atom stereocenters. The van der Waals surface area contributed by atoms with Gasteiger partial charge in [-0.2, -0.15) is 5.10 Å². The molecule has 4 aromatic rings. The van der Waals surface area contributed by atoms with Crippen molar-refractivity contribution in [1.29, 1.82) is 0 Å². The van der Waals surface area contributed by atoms with Crippen LogP contribution in [0.25, 0.3) is 21.5 Å². The molecule has 0 radical (unpaired) electrons. The minimum Gasteiger partial charge on any atom is -0.493 e. The first-order valence-corrected chi connectivity index (χ1v) is 12.0. The van der Waals surface area contributed by atoms with E-state index in [1.165, 1.54) is 30.2 Å². The number of thiazole rings is 1. The minimum absolute atomic E-state index is 0.228. The summed E-state index contributed by atoms with van der Waals surface area (Å²) in [6, 6.07) is 14.5. The zero-order valence-corrected chi connectivity index (χ0v) is 20.2. The molecule has 5 rings (SSSR count). The van der Waals surface area contributed by atoms with Gasteiger partial charge in [0.2, 0.25) is 0 Å². The Kier molecular flexibility index (Phi) is 6.47. The fourth-order valence-corrected chi connectivity index (χ4v) is 5.08. The number of aromatic nitrogens is 3. The second kappa shape index (κ2) is 9.85. The monoisotopic (exact) mass is 492 g/mol. The van der Waals surface area contributed by atoms with Crippen molar-refractivity contribution >= 4 is 32.5 Å². The van der Waals surface area contributed by atoms with Gasteiger partial charge in [0.15, 0.2) is 27.9 Å². The summed E-state index contributed by atoms with van der Waals surface area (Å²) in [6.07, 6.45) is 0. The number of rotatable bonds is 7. The van der Waals surface area contributed by atoms with E-state index in [9.17, 15) is 9.59 Å². The molecule has 9 nitrogen and oxygen atoms in total. The molecule has 10 heteroatoms. The quantitative estimate of drug-likeness (QED) is 0.363. The van der Waals surface area contributed by atoms with Crippen molar-refractivity contribution in [3.63, 3.8) is 0 Å². The van der Waals surface area contributed by atoms with Crippen LogP contribution in [0.4, 0.5) is 5.13 Å². The topological polar surface area (TPSA) is 95.8 Å². The molecule has 0 amide bonds. The van der Waals surface area contributed by atoms with Gasteiger partial charge in [-0.3, -0.25) is 9.59 Å². The summed E-state index contributed by atoms with van der Waals surface area (Å²) in [4.78, 5) is 33.3. The van der Waals surface area contributed by atoms with Gasteiger partial charge in [0, 0.05) is 24.2 Å². The molecule has 1 aliphatic rings. The Labute approximate surface area is 205 Å². The van der Waals surface area contributed by atoms with E-state index in [0.717, 1.165) is 10.7 Å². The van der Waals surface area contributed by atoms with Crippen LogP contribution >= 0.6 is 11.3 Å². The van der Waals surface area contributed by atoms with Crippen LogP contribution in [0, 0.1) is 0 Å². The number of nitrogens with zero attached hydrogens (tertiary/aromatic N) is 4. The molecule has 0 bridgehead atoms. The number of methoxy groups -OCH3 is 2. The number of benzene rings is 2. The number of ketones is 1. The van der Waals surface area contributed by atoms with Gasteiger partial charge < -0.3 is 19.1 Å². The van der Waals surface area contributed by atoms with Crippen LogP contribution in [0.1, 0.15) is 10.4 Å². The number of Topliss-reactive ketones (excluding diaryl/α,β-unsaturated/α-hetero) is 1. The maximum absolute atomic E-state index is 13.4. The van der Waals surface area contributed by atoms with Gasteiger partial charge in [-0.05, 0) is 18.2 Å². The van der Waals surface area contributed by atoms with Gasteiger partial charge in [0.1, 0.15) is 12.2 Å². The maximum atomic E-state index is 13.4. The number of morpholine rings is 1. The summed E-state index contributed by atoms with van der Waals surface area (Å²) in [6.45, 7) is 2.42. The Morgan fingerprint density at radius 2 is 1.80 bits per heavy atom. The molecule has 0 aliphatic carbocycles. The summed E-state index contributed by atoms with van der Waals surface area (Å²) in [7, 11) is 3.04. The lowest BCUT2D eigenvalue weighted by Gasteiger charge is -2.25. The third kappa shape index (κ3) is 4.50. The van der Waals surface area contributed by atoms with E-state index in [-0.39, 0.29) is 12.3 Å². The third-order valence-electron chi connectivity index (χ3n) is 5.82. The van der Waals surface area contributed by atoms with Crippen LogP contribution in [0.3, 0.4) is 0 Å². The zero-order chi connectivity index (χ0) is 24.4. The van der Waals surface area contributed by atoms with E-state index in [4.69, 9.17) is 14.2 Å². The molecular weight excluding hydrogens is 468 g/mol. The average Bonchev–Trinajstić information content (AvgIpc) is 3.37. The van der Waals surface area contributed by atoms with Crippen LogP contribution in [-0.4, -0.2) is 61.1 Å². The predicted octanol–water partition coefficient (Wildman–Crippen LogP) is 3.26. The summed E-state index contributed by atoms with van der Waals surface area (Å²) < 4.78 is 17.9. The van der Waals surface area contributed by atoms with E-state index in [2.05, 4.69) is 15.0 Å². The largest absolute Gasteiger partial charge is 0.493 e. The molecule has 35 heavy (non-hydrogen) atoms. The van der Waals surface area contributed by atoms with Crippen molar-refractivity contribution in [3.8, 4) is 22.8 Å². The molecular formula is C25H24N4O5S. The highest BCUT2D eigenvalue weighted by atomic mass is 32.1. The normalized spacial score (nSPS) is 13.7. The second-order valence-electron chi connectivity index (χ2n) is 7.94. The highest BCUT2D eigenvalue weighted by Gasteiger charge is 2.22. The molecule has 1 saturated heterocycles. The number of anilines is 1. The lowest BCUT2D eigenvalue weighted by Crippen LogP contribution is -2.36. The molecule has 2 aromatic carbocycles. The van der Waals surface area contributed by atoms with Crippen LogP contribution in [-0.2, 0) is 11.3 Å². The molecule has 0 spiro atoms. The number of hydrogen-bond acceptors (Lipinski definition) is 9. The van der Waals surface area contributed by atoms with Gasteiger partial charge in [-0.15, -0.1) is 0 Å². The van der Waals surface area contributed by atoms with Gasteiger partial charge in [-0.25, -0.2) is 9.67 Å². The fraction of sp³-hybridized carbons (Fsp3) is 0.280. The molecule has 1 fully saturated rings. The number of hydrogen-bond donors (Lipinski definition) is 0. The molecule has 3 heterocycles. The second-order valence-corrected chi connectivity index (χ2v) is 8.92. The highest BCUT2D eigenvalue weighted by Crippen LogP contribution is 2.34. The van der Waals surface area contributed by atoms with Crippen molar-refractivity contribution in [1.82, 2.24) is 14.8 Å². The van der Waals surface area contributed by atoms with Gasteiger partial charge in [-0.1, -0.05) is 41.7 Å². The Hall–Kier alpha value is -3.76. The molecule has 0 unspecified atom stereocenters. The van der Waals surface area contributed by atoms with Crippen LogP contribution in [0.2, 0.25) is 0 Å². The molecule has 0 saturated carbocycles. The van der Waals surface area contributed by atoms with Crippen molar-refractivity contribution in [3.05, 3.63) is 64.4 Å². The van der Waals surface area contributed by atoms with E-state index in [1.807, 2.05) is 30.3 Å². The lowest BCUT2D eigenvalue weighted by molar-refractivity contribution is 0.0965. The number of ether oxygens (including phenoxy) is 3. The van der Waals surface area contributed by atoms with Crippen LogP contribution < -0.4 is 19.9 Å². The lowest BCUT2D eigenvalue weighted by atomic mass is 10.1. The first kappa shape index (κ1) is 23.0. The Morgan fingerprint density at radius 1 is 1.06 bits per heavy atom. The molecule has 180 valence electrons. The van der Waals surface area contributed by atoms with E-state index < -0.39 is 5.56 Å². The van der Waals surface area contributed by atoms with Crippen molar-refractivity contribution in [2.24, 2.45) is 0 Å². The summed E-state index contributed by atoms with van der Waals surface area (Å²) in [5.74, 6) is 0.682. The maximum Gasteiger partial charge on any atom is 0.294 e. The highest BCUT2D eigenvalue weighted by molar-refractivity contribution is 7.22. The van der Waals surface area contributed by atoms with E-state index in [0.29, 0.717) is 59.3 Å². The van der Waals surface area contributed by atoms with Gasteiger partial charge >= 0.3 is 0 Å². The summed E-state index contributed by atoms with van der Waals surface area (Å²) >= 11 is 1.44. The Morgan fingerprint density at radius 3 is 2.51 bits per heavy atom. The minimum atomic E-state index is -0.399. The predicted molar refractivity (Wildman–Crippen MR) is 134 cm³/mol. The number of carbonyl (C=O) groups excluding carboxylic acids is 1. The standard InChI is InChI=1S/C25H24N4O5S/c1-32-19-9-8-17(14-20(19)33-2)18(30)15-29-24(31)22-23(21(27-29)16-6-4-3-5-7-16)35-25(26-22)28-10-12-34-13-11-28/h3-9,14H,10-13,15H2,1-2H3. The van der Waals surface area contributed by atoms with Gasteiger partial charge in [0.05, 0.1) is 32.1 Å². The van der Waals surface area contributed by atoms with E-state index in [1.54, 1.807) is 18.2 Å². The third-order valence-corrected chi connectivity index (χ3v) is 6.94. The summed E-state index contributed by atoms with van der Waals surface area (Å²) in [5, 5.41) is 5.38. The average molecular weight is 493 g/mol. The van der Waals surface area contributed by atoms with Crippen molar-refractivity contribution < 1.29 is 19.0 Å². The number of carbonyl (C=O) groups is 1. The first-order chi connectivity index (χ1) is 17.1.